The lowest BCUT2D eigenvalue weighted by Gasteiger charge is -2.03. The highest BCUT2D eigenvalue weighted by atomic mass is 16.1. The fourth-order valence-corrected chi connectivity index (χ4v) is 2.20. The highest BCUT2D eigenvalue weighted by molar-refractivity contribution is 5.83. The number of nitrogens with zero attached hydrogens (tertiary/aromatic N) is 4. The van der Waals surface area contributed by atoms with Crippen LogP contribution in [0, 0.1) is 0 Å². The molecule has 3 rings (SSSR count). The Balaban J connectivity index is 2.49. The molecule has 2 N–H and O–H groups in total. The van der Waals surface area contributed by atoms with Gasteiger partial charge < -0.3 is 5.73 Å². The van der Waals surface area contributed by atoms with Gasteiger partial charge in [0.25, 0.3) is 0 Å². The third-order valence-electron chi connectivity index (χ3n) is 3.06. The van der Waals surface area contributed by atoms with Crippen LogP contribution in [0.15, 0.2) is 41.5 Å². The van der Waals surface area contributed by atoms with E-state index in [1.807, 2.05) is 37.3 Å². The highest BCUT2D eigenvalue weighted by Gasteiger charge is 2.17. The van der Waals surface area contributed by atoms with Gasteiger partial charge in [-0.15, -0.1) is 0 Å². The standard InChI is InChI=1S/C13H13N5O/c1-2-17-12-10(11(14)15-8-16-12)18(13(17)19)9-6-4-3-5-7-9/h3-8H,2H2,1H3,(H2,14,15,16). The van der Waals surface area contributed by atoms with E-state index < -0.39 is 0 Å². The van der Waals surface area contributed by atoms with Crippen LogP contribution >= 0.6 is 0 Å². The van der Waals surface area contributed by atoms with Crippen molar-refractivity contribution >= 4 is 17.0 Å². The molecule has 0 radical (unpaired) electrons. The summed E-state index contributed by atoms with van der Waals surface area (Å²) in [6.45, 7) is 2.43. The normalized spacial score (nSPS) is 11.0. The third kappa shape index (κ3) is 1.61. The van der Waals surface area contributed by atoms with Crippen LogP contribution in [0.3, 0.4) is 0 Å². The topological polar surface area (TPSA) is 78.7 Å². The summed E-state index contributed by atoms with van der Waals surface area (Å²) in [5, 5.41) is 0. The van der Waals surface area contributed by atoms with Gasteiger partial charge in [-0.3, -0.25) is 9.13 Å². The van der Waals surface area contributed by atoms with Crippen LogP contribution in [0.1, 0.15) is 6.92 Å². The molecule has 0 aliphatic heterocycles. The maximum Gasteiger partial charge on any atom is 0.335 e. The number of aryl methyl sites for hydroxylation is 1. The van der Waals surface area contributed by atoms with E-state index in [0.717, 1.165) is 5.69 Å². The molecule has 0 unspecified atom stereocenters. The number of anilines is 1. The highest BCUT2D eigenvalue weighted by Crippen LogP contribution is 2.19. The number of benzene rings is 1. The van der Waals surface area contributed by atoms with Gasteiger partial charge in [0.2, 0.25) is 0 Å². The molecule has 0 bridgehead atoms. The Morgan fingerprint density at radius 1 is 1.21 bits per heavy atom. The first-order chi connectivity index (χ1) is 9.24. The predicted molar refractivity (Wildman–Crippen MR) is 73.2 cm³/mol. The van der Waals surface area contributed by atoms with Gasteiger partial charge in [0.05, 0.1) is 5.69 Å². The van der Waals surface area contributed by atoms with Gasteiger partial charge in [-0.2, -0.15) is 0 Å². The molecule has 2 aromatic heterocycles. The maximum atomic E-state index is 12.5. The molecule has 0 amide bonds. The summed E-state index contributed by atoms with van der Waals surface area (Å²) in [7, 11) is 0. The summed E-state index contributed by atoms with van der Waals surface area (Å²) in [6, 6.07) is 9.35. The van der Waals surface area contributed by atoms with Crippen molar-refractivity contribution in [3.8, 4) is 5.69 Å². The Morgan fingerprint density at radius 2 is 1.95 bits per heavy atom. The lowest BCUT2D eigenvalue weighted by molar-refractivity contribution is 0.727. The molecule has 0 spiro atoms. The van der Waals surface area contributed by atoms with Crippen molar-refractivity contribution < 1.29 is 0 Å². The average Bonchev–Trinajstić information content (AvgIpc) is 2.73. The zero-order chi connectivity index (χ0) is 13.4. The summed E-state index contributed by atoms with van der Waals surface area (Å²) in [5.41, 5.74) is 7.62. The molecule has 0 aliphatic rings. The first kappa shape index (κ1) is 11.5. The van der Waals surface area contributed by atoms with Crippen LogP contribution < -0.4 is 11.4 Å². The Kier molecular flexibility index (Phi) is 2.56. The van der Waals surface area contributed by atoms with E-state index in [9.17, 15) is 4.79 Å². The van der Waals surface area contributed by atoms with Crippen LogP contribution in [0.25, 0.3) is 16.9 Å². The second-order valence-electron chi connectivity index (χ2n) is 4.13. The molecule has 6 nitrogen and oxygen atoms in total. The SMILES string of the molecule is CCn1c(=O)n(-c2ccccc2)c2c(N)ncnc21. The Hall–Kier alpha value is -2.63. The second-order valence-corrected chi connectivity index (χ2v) is 4.13. The number of para-hydroxylation sites is 1. The monoisotopic (exact) mass is 255 g/mol. The quantitative estimate of drug-likeness (QED) is 0.746. The smallest absolute Gasteiger partial charge is 0.335 e. The number of aromatic nitrogens is 4. The minimum absolute atomic E-state index is 0.157. The molecule has 19 heavy (non-hydrogen) atoms. The molecule has 0 saturated carbocycles. The Morgan fingerprint density at radius 3 is 2.63 bits per heavy atom. The lowest BCUT2D eigenvalue weighted by Crippen LogP contribution is -2.22. The molecule has 0 saturated heterocycles. The van der Waals surface area contributed by atoms with Crippen molar-refractivity contribution in [1.29, 1.82) is 0 Å². The zero-order valence-electron chi connectivity index (χ0n) is 10.4. The van der Waals surface area contributed by atoms with Crippen molar-refractivity contribution in [3.05, 3.63) is 47.1 Å². The molecule has 0 fully saturated rings. The number of fused-ring (bicyclic) bond motifs is 1. The fourth-order valence-electron chi connectivity index (χ4n) is 2.20. The van der Waals surface area contributed by atoms with E-state index in [1.54, 1.807) is 9.13 Å². The predicted octanol–water partition coefficient (Wildman–Crippen LogP) is 1.18. The van der Waals surface area contributed by atoms with E-state index in [0.29, 0.717) is 23.5 Å². The van der Waals surface area contributed by atoms with Crippen molar-refractivity contribution in [2.24, 2.45) is 0 Å². The number of hydrogen-bond donors (Lipinski definition) is 1. The van der Waals surface area contributed by atoms with Gasteiger partial charge >= 0.3 is 5.69 Å². The van der Waals surface area contributed by atoms with Gasteiger partial charge in [0.1, 0.15) is 11.8 Å². The molecular weight excluding hydrogens is 242 g/mol. The van der Waals surface area contributed by atoms with E-state index in [1.165, 1.54) is 6.33 Å². The van der Waals surface area contributed by atoms with E-state index in [-0.39, 0.29) is 5.69 Å². The maximum absolute atomic E-state index is 12.5. The number of nitrogens with two attached hydrogens (primary N) is 1. The molecule has 0 atom stereocenters. The van der Waals surface area contributed by atoms with Gasteiger partial charge in [0, 0.05) is 6.54 Å². The average molecular weight is 255 g/mol. The summed E-state index contributed by atoms with van der Waals surface area (Å²) in [4.78, 5) is 20.6. The first-order valence-electron chi connectivity index (χ1n) is 6.01. The summed E-state index contributed by atoms with van der Waals surface area (Å²) in [6.07, 6.45) is 1.37. The molecule has 96 valence electrons. The lowest BCUT2D eigenvalue weighted by atomic mass is 10.3. The number of nitrogen functional groups attached to an aromatic ring is 1. The summed E-state index contributed by atoms with van der Waals surface area (Å²) in [5.74, 6) is 0.304. The van der Waals surface area contributed by atoms with E-state index >= 15 is 0 Å². The Bertz CT molecular complexity index is 788. The van der Waals surface area contributed by atoms with Gasteiger partial charge in [-0.25, -0.2) is 14.8 Å². The Labute approximate surface area is 109 Å². The first-order valence-corrected chi connectivity index (χ1v) is 6.01. The van der Waals surface area contributed by atoms with Crippen molar-refractivity contribution in [3.63, 3.8) is 0 Å². The van der Waals surface area contributed by atoms with Crippen LogP contribution in [-0.4, -0.2) is 19.1 Å². The number of hydrogen-bond acceptors (Lipinski definition) is 4. The van der Waals surface area contributed by atoms with E-state index in [4.69, 9.17) is 5.73 Å². The molecule has 6 heteroatoms. The van der Waals surface area contributed by atoms with Gasteiger partial charge in [0.15, 0.2) is 11.5 Å². The van der Waals surface area contributed by atoms with Crippen LogP contribution in [0.4, 0.5) is 5.82 Å². The molecule has 2 heterocycles. The molecular formula is C13H13N5O. The number of rotatable bonds is 2. The summed E-state index contributed by atoms with van der Waals surface area (Å²) >= 11 is 0. The molecule has 3 aromatic rings. The summed E-state index contributed by atoms with van der Waals surface area (Å²) < 4.78 is 3.13. The van der Waals surface area contributed by atoms with Gasteiger partial charge in [-0.05, 0) is 19.1 Å². The molecule has 0 aliphatic carbocycles. The van der Waals surface area contributed by atoms with Crippen molar-refractivity contribution in [1.82, 2.24) is 19.1 Å². The fraction of sp³-hybridized carbons (Fsp3) is 0.154. The van der Waals surface area contributed by atoms with Gasteiger partial charge in [-0.1, -0.05) is 18.2 Å². The molecule has 1 aromatic carbocycles. The van der Waals surface area contributed by atoms with Crippen LogP contribution in [0.2, 0.25) is 0 Å². The van der Waals surface area contributed by atoms with Crippen LogP contribution in [-0.2, 0) is 6.54 Å². The second kappa shape index (κ2) is 4.24. The largest absolute Gasteiger partial charge is 0.382 e. The zero-order valence-corrected chi connectivity index (χ0v) is 10.4. The third-order valence-corrected chi connectivity index (χ3v) is 3.06. The van der Waals surface area contributed by atoms with Crippen molar-refractivity contribution in [2.45, 2.75) is 13.5 Å². The minimum atomic E-state index is -0.157. The van der Waals surface area contributed by atoms with Crippen LogP contribution in [0.5, 0.6) is 0 Å². The minimum Gasteiger partial charge on any atom is -0.382 e. The number of imidazole rings is 1. The van der Waals surface area contributed by atoms with Crippen molar-refractivity contribution in [2.75, 3.05) is 5.73 Å². The van der Waals surface area contributed by atoms with E-state index in [2.05, 4.69) is 9.97 Å².